The maximum Gasteiger partial charge on any atom is 0.252 e. The lowest BCUT2D eigenvalue weighted by Gasteiger charge is -2.12. The number of aryl methyl sites for hydroxylation is 1. The second-order valence-corrected chi connectivity index (χ2v) is 4.45. The highest BCUT2D eigenvalue weighted by Gasteiger charge is 2.15. The van der Waals surface area contributed by atoms with Gasteiger partial charge < -0.3 is 10.4 Å². The summed E-state index contributed by atoms with van der Waals surface area (Å²) in [6, 6.07) is 15.0. The summed E-state index contributed by atoms with van der Waals surface area (Å²) in [7, 11) is 0. The van der Waals surface area contributed by atoms with Crippen LogP contribution in [0.3, 0.4) is 0 Å². The number of nitrogens with one attached hydrogen (secondary N) is 1. The summed E-state index contributed by atoms with van der Waals surface area (Å²) < 4.78 is 0. The Balaban J connectivity index is 2.18. The monoisotopic (exact) mass is 266 g/mol. The molecular weight excluding hydrogens is 252 g/mol. The van der Waals surface area contributed by atoms with Gasteiger partial charge in [-0.15, -0.1) is 0 Å². The molecule has 1 amide bonds. The van der Waals surface area contributed by atoms with Gasteiger partial charge in [0.05, 0.1) is 6.07 Å². The first kappa shape index (κ1) is 13.6. The van der Waals surface area contributed by atoms with Crippen LogP contribution in [0, 0.1) is 18.3 Å². The number of nitrogens with zero attached hydrogens (tertiary/aromatic N) is 1. The van der Waals surface area contributed by atoms with Crippen molar-refractivity contribution in [3.05, 3.63) is 65.2 Å². The first-order valence-corrected chi connectivity index (χ1v) is 6.17. The lowest BCUT2D eigenvalue weighted by Crippen LogP contribution is -2.27. The van der Waals surface area contributed by atoms with Crippen LogP contribution in [-0.2, 0) is 0 Å². The van der Waals surface area contributed by atoms with E-state index in [1.54, 1.807) is 31.2 Å². The third-order valence-corrected chi connectivity index (χ3v) is 3.01. The van der Waals surface area contributed by atoms with Crippen LogP contribution in [-0.4, -0.2) is 11.0 Å². The Labute approximate surface area is 117 Å². The second-order valence-electron chi connectivity index (χ2n) is 4.45. The van der Waals surface area contributed by atoms with Crippen molar-refractivity contribution in [3.63, 3.8) is 0 Å². The molecule has 0 radical (unpaired) electrons. The third kappa shape index (κ3) is 2.96. The molecule has 2 rings (SSSR count). The standard InChI is InChI=1S/C16H14N2O2/c1-11-7-8-13(9-15(11)19)16(20)18-14(10-17)12-5-3-2-4-6-12/h2-9,14,19H,1H3,(H,18,20). The molecule has 2 N–H and O–H groups in total. The summed E-state index contributed by atoms with van der Waals surface area (Å²) in [5, 5.41) is 21.4. The normalized spacial score (nSPS) is 11.4. The van der Waals surface area contributed by atoms with Gasteiger partial charge in [-0.05, 0) is 30.2 Å². The predicted molar refractivity (Wildman–Crippen MR) is 75.1 cm³/mol. The molecule has 0 fully saturated rings. The van der Waals surface area contributed by atoms with Crippen molar-refractivity contribution in [2.75, 3.05) is 0 Å². The molecule has 4 nitrogen and oxygen atoms in total. The van der Waals surface area contributed by atoms with Gasteiger partial charge in [-0.3, -0.25) is 4.79 Å². The van der Waals surface area contributed by atoms with Gasteiger partial charge in [-0.25, -0.2) is 0 Å². The Kier molecular flexibility index (Phi) is 4.02. The molecule has 20 heavy (non-hydrogen) atoms. The maximum absolute atomic E-state index is 12.1. The van der Waals surface area contributed by atoms with Gasteiger partial charge in [-0.2, -0.15) is 5.26 Å². The van der Waals surface area contributed by atoms with Crippen molar-refractivity contribution in [1.29, 1.82) is 5.26 Å². The van der Waals surface area contributed by atoms with Crippen molar-refractivity contribution in [1.82, 2.24) is 5.32 Å². The number of phenolic OH excluding ortho intramolecular Hbond substituents is 1. The Morgan fingerprint density at radius 2 is 1.95 bits per heavy atom. The fraction of sp³-hybridized carbons (Fsp3) is 0.125. The largest absolute Gasteiger partial charge is 0.508 e. The topological polar surface area (TPSA) is 73.1 Å². The van der Waals surface area contributed by atoms with Crippen LogP contribution in [0.4, 0.5) is 0 Å². The molecule has 0 aliphatic rings. The summed E-state index contributed by atoms with van der Waals surface area (Å²) in [5.41, 5.74) is 1.74. The summed E-state index contributed by atoms with van der Waals surface area (Å²) >= 11 is 0. The average Bonchev–Trinajstić information content (AvgIpc) is 2.48. The number of amides is 1. The first-order valence-electron chi connectivity index (χ1n) is 6.17. The lowest BCUT2D eigenvalue weighted by atomic mass is 10.1. The van der Waals surface area contributed by atoms with E-state index >= 15 is 0 Å². The number of rotatable bonds is 3. The van der Waals surface area contributed by atoms with Gasteiger partial charge in [0.2, 0.25) is 0 Å². The van der Waals surface area contributed by atoms with E-state index in [2.05, 4.69) is 11.4 Å². The number of carbonyl (C=O) groups is 1. The molecule has 100 valence electrons. The molecular formula is C16H14N2O2. The minimum Gasteiger partial charge on any atom is -0.508 e. The van der Waals surface area contributed by atoms with Gasteiger partial charge in [0, 0.05) is 5.56 Å². The van der Waals surface area contributed by atoms with Gasteiger partial charge in [-0.1, -0.05) is 36.4 Å². The molecule has 0 spiro atoms. The second kappa shape index (κ2) is 5.89. The zero-order valence-corrected chi connectivity index (χ0v) is 11.0. The molecule has 4 heteroatoms. The van der Waals surface area contributed by atoms with Crippen molar-refractivity contribution in [2.45, 2.75) is 13.0 Å². The average molecular weight is 266 g/mol. The van der Waals surface area contributed by atoms with Crippen molar-refractivity contribution < 1.29 is 9.90 Å². The van der Waals surface area contributed by atoms with Crippen molar-refractivity contribution in [2.24, 2.45) is 0 Å². The number of nitriles is 1. The zero-order valence-electron chi connectivity index (χ0n) is 11.0. The summed E-state index contributed by atoms with van der Waals surface area (Å²) in [6.07, 6.45) is 0. The number of carbonyl (C=O) groups excluding carboxylic acids is 1. The number of aromatic hydroxyl groups is 1. The molecule has 1 unspecified atom stereocenters. The van der Waals surface area contributed by atoms with E-state index in [1.165, 1.54) is 6.07 Å². The highest BCUT2D eigenvalue weighted by molar-refractivity contribution is 5.95. The van der Waals surface area contributed by atoms with E-state index in [9.17, 15) is 9.90 Å². The summed E-state index contributed by atoms with van der Waals surface area (Å²) in [6.45, 7) is 1.75. The highest BCUT2D eigenvalue weighted by atomic mass is 16.3. The fourth-order valence-corrected chi connectivity index (χ4v) is 1.80. The number of hydrogen-bond acceptors (Lipinski definition) is 3. The van der Waals surface area contributed by atoms with Crippen LogP contribution in [0.2, 0.25) is 0 Å². The Morgan fingerprint density at radius 1 is 1.25 bits per heavy atom. The van der Waals surface area contributed by atoms with E-state index in [1.807, 2.05) is 18.2 Å². The van der Waals surface area contributed by atoms with Gasteiger partial charge in [0.1, 0.15) is 11.8 Å². The molecule has 0 saturated heterocycles. The Morgan fingerprint density at radius 3 is 2.55 bits per heavy atom. The molecule has 0 bridgehead atoms. The van der Waals surface area contributed by atoms with Crippen molar-refractivity contribution >= 4 is 5.91 Å². The molecule has 1 atom stereocenters. The van der Waals surface area contributed by atoms with E-state index in [0.29, 0.717) is 11.1 Å². The molecule has 0 heterocycles. The fourth-order valence-electron chi connectivity index (χ4n) is 1.80. The molecule has 0 aliphatic carbocycles. The first-order chi connectivity index (χ1) is 9.61. The Hall–Kier alpha value is -2.80. The summed E-state index contributed by atoms with van der Waals surface area (Å²) in [4.78, 5) is 12.1. The van der Waals surface area contributed by atoms with Crippen LogP contribution < -0.4 is 5.32 Å². The minimum absolute atomic E-state index is 0.0610. The predicted octanol–water partition coefficient (Wildman–Crippen LogP) is 2.70. The Bertz CT molecular complexity index is 660. The van der Waals surface area contributed by atoms with Gasteiger partial charge in [0.15, 0.2) is 0 Å². The molecule has 2 aromatic carbocycles. The number of hydrogen-bond donors (Lipinski definition) is 2. The molecule has 2 aromatic rings. The quantitative estimate of drug-likeness (QED) is 0.897. The highest BCUT2D eigenvalue weighted by Crippen LogP contribution is 2.18. The molecule has 0 saturated carbocycles. The van der Waals surface area contributed by atoms with E-state index in [-0.39, 0.29) is 5.75 Å². The van der Waals surface area contributed by atoms with Crippen LogP contribution in [0.25, 0.3) is 0 Å². The summed E-state index contributed by atoms with van der Waals surface area (Å²) in [5.74, 6) is -0.332. The van der Waals surface area contributed by atoms with E-state index in [0.717, 1.165) is 5.56 Å². The number of benzene rings is 2. The smallest absolute Gasteiger partial charge is 0.252 e. The molecule has 0 aromatic heterocycles. The van der Waals surface area contributed by atoms with E-state index in [4.69, 9.17) is 5.26 Å². The van der Waals surface area contributed by atoms with Crippen molar-refractivity contribution in [3.8, 4) is 11.8 Å². The van der Waals surface area contributed by atoms with Gasteiger partial charge in [0.25, 0.3) is 5.91 Å². The van der Waals surface area contributed by atoms with E-state index < -0.39 is 11.9 Å². The number of phenols is 1. The van der Waals surface area contributed by atoms with Crippen LogP contribution in [0.5, 0.6) is 5.75 Å². The SMILES string of the molecule is Cc1ccc(C(=O)NC(C#N)c2ccccc2)cc1O. The van der Waals surface area contributed by atoms with Crippen LogP contribution in [0.15, 0.2) is 48.5 Å². The van der Waals surface area contributed by atoms with Crippen LogP contribution in [0.1, 0.15) is 27.5 Å². The van der Waals surface area contributed by atoms with Gasteiger partial charge >= 0.3 is 0 Å². The third-order valence-electron chi connectivity index (χ3n) is 3.01. The minimum atomic E-state index is -0.716. The lowest BCUT2D eigenvalue weighted by molar-refractivity contribution is 0.0944. The van der Waals surface area contributed by atoms with Crippen LogP contribution >= 0.6 is 0 Å². The zero-order chi connectivity index (χ0) is 14.5. The maximum atomic E-state index is 12.1. The molecule has 0 aliphatic heterocycles.